The Bertz CT molecular complexity index is 1320. The number of aliphatic carboxylic acids is 3. The average molecular weight is 511 g/mol. The van der Waals surface area contributed by atoms with Gasteiger partial charge in [-0.15, -0.1) is 5.10 Å². The number of hydrogen-bond donors (Lipinski definition) is 5. The van der Waals surface area contributed by atoms with Gasteiger partial charge in [0.05, 0.1) is 19.1 Å². The van der Waals surface area contributed by atoms with E-state index < -0.39 is 36.4 Å². The maximum absolute atomic E-state index is 10.3. The second-order valence-corrected chi connectivity index (χ2v) is 8.05. The number of aromatic nitrogens is 4. The molecule has 3 aromatic heterocycles. The Labute approximate surface area is 210 Å². The minimum absolute atomic E-state index is 0.700. The summed E-state index contributed by atoms with van der Waals surface area (Å²) >= 11 is 0. The lowest BCUT2D eigenvalue weighted by Crippen LogP contribution is -2.42. The van der Waals surface area contributed by atoms with Crippen LogP contribution < -0.4 is 5.32 Å². The highest BCUT2D eigenvalue weighted by Crippen LogP contribution is 2.21. The summed E-state index contributed by atoms with van der Waals surface area (Å²) in [5.74, 6) is -4.04. The first kappa shape index (κ1) is 27.0. The van der Waals surface area contributed by atoms with Gasteiger partial charge in [-0.25, -0.2) is 4.79 Å². The van der Waals surface area contributed by atoms with E-state index in [-0.39, 0.29) is 0 Å². The normalized spacial score (nSPS) is 11.1. The Morgan fingerprint density at radius 1 is 0.973 bits per heavy atom. The van der Waals surface area contributed by atoms with E-state index >= 15 is 0 Å². The first-order chi connectivity index (χ1) is 17.7. The highest BCUT2D eigenvalue weighted by Gasteiger charge is 2.40. The molecule has 0 unspecified atom stereocenters. The molecule has 0 bridgehead atoms. The molecule has 0 amide bonds. The van der Waals surface area contributed by atoms with Crippen LogP contribution in [0.2, 0.25) is 0 Å². The van der Waals surface area contributed by atoms with Gasteiger partial charge in [0.25, 0.3) is 0 Å². The van der Waals surface area contributed by atoms with Gasteiger partial charge in [-0.3, -0.25) is 9.59 Å². The van der Waals surface area contributed by atoms with Crippen molar-refractivity contribution in [1.29, 1.82) is 0 Å². The smallest absolute Gasteiger partial charge is 0.336 e. The Morgan fingerprint density at radius 3 is 2.27 bits per heavy atom. The maximum atomic E-state index is 10.3. The van der Waals surface area contributed by atoms with Crippen molar-refractivity contribution in [2.24, 2.45) is 0 Å². The number of pyridine rings is 1. The van der Waals surface area contributed by atoms with Crippen LogP contribution in [-0.4, -0.2) is 70.5 Å². The number of fused-ring (bicyclic) bond motifs is 1. The van der Waals surface area contributed by atoms with Crippen LogP contribution in [0.1, 0.15) is 24.2 Å². The van der Waals surface area contributed by atoms with Crippen LogP contribution in [-0.2, 0) is 27.3 Å². The summed E-state index contributed by atoms with van der Waals surface area (Å²) < 4.78 is 7.07. The summed E-state index contributed by atoms with van der Waals surface area (Å²) in [6.07, 6.45) is 2.22. The van der Waals surface area contributed by atoms with Gasteiger partial charge < -0.3 is 30.2 Å². The fourth-order valence-electron chi connectivity index (χ4n) is 3.44. The Kier molecular flexibility index (Phi) is 9.02. The summed E-state index contributed by atoms with van der Waals surface area (Å²) in [4.78, 5) is 30.5. The van der Waals surface area contributed by atoms with Crippen molar-refractivity contribution in [2.45, 2.75) is 31.4 Å². The number of nitrogens with one attached hydrogen (secondary N) is 1. The molecular formula is C24H25N5O8. The fourth-order valence-corrected chi connectivity index (χ4v) is 3.44. The van der Waals surface area contributed by atoms with Crippen LogP contribution in [0.15, 0.2) is 65.4 Å². The van der Waals surface area contributed by atoms with Crippen molar-refractivity contribution < 1.29 is 39.2 Å². The number of carboxylic acids is 3. The monoisotopic (exact) mass is 511 g/mol. The maximum Gasteiger partial charge on any atom is 0.336 e. The molecular weight excluding hydrogens is 486 g/mol. The number of nitrogens with zero attached hydrogens (tertiary/aromatic N) is 4. The summed E-state index contributed by atoms with van der Waals surface area (Å²) in [7, 11) is 0. The first-order valence-electron chi connectivity index (χ1n) is 11.1. The molecule has 0 aliphatic heterocycles. The van der Waals surface area contributed by atoms with E-state index in [4.69, 9.17) is 24.8 Å². The Morgan fingerprint density at radius 2 is 1.68 bits per heavy atom. The fraction of sp³-hybridized carbons (Fsp3) is 0.250. The second-order valence-electron chi connectivity index (χ2n) is 8.05. The third-order valence-electron chi connectivity index (χ3n) is 5.21. The number of carbonyl (C=O) groups is 3. The number of hydrogen-bond acceptors (Lipinski definition) is 9. The summed E-state index contributed by atoms with van der Waals surface area (Å²) in [5.41, 5.74) is 1.35. The lowest BCUT2D eigenvalue weighted by atomic mass is 9.96. The molecule has 4 aromatic rings. The number of tetrazole rings is 1. The molecule has 4 rings (SSSR count). The van der Waals surface area contributed by atoms with E-state index in [0.29, 0.717) is 6.54 Å². The van der Waals surface area contributed by atoms with Gasteiger partial charge in [0, 0.05) is 36.8 Å². The molecule has 3 heterocycles. The van der Waals surface area contributed by atoms with Crippen molar-refractivity contribution in [3.05, 3.63) is 72.3 Å². The van der Waals surface area contributed by atoms with Crippen molar-refractivity contribution in [3.8, 4) is 11.1 Å². The molecule has 0 atom stereocenters. The van der Waals surface area contributed by atoms with Crippen molar-refractivity contribution in [3.63, 3.8) is 0 Å². The largest absolute Gasteiger partial charge is 0.481 e. The zero-order chi connectivity index (χ0) is 26.8. The van der Waals surface area contributed by atoms with Gasteiger partial charge in [-0.05, 0) is 34.2 Å². The van der Waals surface area contributed by atoms with Crippen LogP contribution in [0.5, 0.6) is 0 Å². The predicted molar refractivity (Wildman–Crippen MR) is 127 cm³/mol. The molecule has 0 fully saturated rings. The van der Waals surface area contributed by atoms with Crippen molar-refractivity contribution >= 4 is 23.6 Å². The van der Waals surface area contributed by atoms with E-state index in [9.17, 15) is 14.4 Å². The lowest BCUT2D eigenvalue weighted by Gasteiger charge is -2.18. The molecule has 1 aromatic carbocycles. The molecule has 37 heavy (non-hydrogen) atoms. The van der Waals surface area contributed by atoms with Gasteiger partial charge >= 0.3 is 17.9 Å². The second kappa shape index (κ2) is 12.4. The molecule has 0 saturated heterocycles. The molecule has 0 aliphatic carbocycles. The van der Waals surface area contributed by atoms with Crippen LogP contribution >= 0.6 is 0 Å². The highest BCUT2D eigenvalue weighted by atomic mass is 16.4. The average Bonchev–Trinajstić information content (AvgIpc) is 3.54. The zero-order valence-electron chi connectivity index (χ0n) is 19.5. The van der Waals surface area contributed by atoms with Crippen LogP contribution in [0.3, 0.4) is 0 Å². The van der Waals surface area contributed by atoms with Crippen molar-refractivity contribution in [2.75, 3.05) is 6.54 Å². The lowest BCUT2D eigenvalue weighted by molar-refractivity contribution is -0.170. The number of aliphatic hydroxyl groups is 1. The summed E-state index contributed by atoms with van der Waals surface area (Å²) in [6, 6.07) is 16.3. The molecule has 0 radical (unpaired) electrons. The molecule has 13 heteroatoms. The van der Waals surface area contributed by atoms with E-state index in [2.05, 4.69) is 39.0 Å². The minimum Gasteiger partial charge on any atom is -0.481 e. The van der Waals surface area contributed by atoms with Gasteiger partial charge in [0.1, 0.15) is 5.76 Å². The third kappa shape index (κ3) is 7.68. The summed E-state index contributed by atoms with van der Waals surface area (Å²) in [5, 5.41) is 49.2. The molecule has 0 spiro atoms. The number of furan rings is 1. The number of carboxylic acid groups (broad SMARTS) is 3. The Balaban J connectivity index is 0.000000251. The summed E-state index contributed by atoms with van der Waals surface area (Å²) in [6.45, 7) is 1.53. The molecule has 0 aliphatic rings. The van der Waals surface area contributed by atoms with E-state index in [1.54, 1.807) is 10.8 Å². The van der Waals surface area contributed by atoms with Crippen LogP contribution in [0, 0.1) is 0 Å². The highest BCUT2D eigenvalue weighted by molar-refractivity contribution is 5.88. The zero-order valence-corrected chi connectivity index (χ0v) is 19.5. The van der Waals surface area contributed by atoms with Gasteiger partial charge in [0.15, 0.2) is 11.2 Å². The third-order valence-corrected chi connectivity index (χ3v) is 5.21. The quantitative estimate of drug-likeness (QED) is 0.182. The number of benzene rings is 1. The Hall–Kier alpha value is -4.62. The van der Waals surface area contributed by atoms with Crippen LogP contribution in [0.25, 0.3) is 16.8 Å². The van der Waals surface area contributed by atoms with E-state index in [1.807, 2.05) is 36.5 Å². The molecule has 13 nitrogen and oxygen atoms in total. The topological polar surface area (TPSA) is 200 Å². The molecule has 0 saturated carbocycles. The number of rotatable bonds is 11. The van der Waals surface area contributed by atoms with E-state index in [0.717, 1.165) is 41.1 Å². The predicted octanol–water partition coefficient (Wildman–Crippen LogP) is 1.47. The van der Waals surface area contributed by atoms with Gasteiger partial charge in [-0.1, -0.05) is 30.3 Å². The standard InChI is InChI=1S/C18H17N5O.C6H8O7/c1-2-5-14(6-3-1)16-11-15(18-20-21-22-23(18)13-16)12-19-9-8-17-7-4-10-24-17;7-3(8)1-6(13,5(11)12)2-4(9)10/h1-7,10-11,13,19H,8-9,12H2;13H,1-2H2,(H,7,8)(H,9,10)(H,11,12). The molecule has 5 N–H and O–H groups in total. The van der Waals surface area contributed by atoms with Crippen molar-refractivity contribution in [1.82, 2.24) is 25.4 Å². The van der Waals surface area contributed by atoms with Gasteiger partial charge in [-0.2, -0.15) is 4.52 Å². The van der Waals surface area contributed by atoms with Crippen LogP contribution in [0.4, 0.5) is 0 Å². The van der Waals surface area contributed by atoms with E-state index in [1.165, 1.54) is 0 Å². The van der Waals surface area contributed by atoms with Gasteiger partial charge in [0.2, 0.25) is 0 Å². The molecule has 194 valence electrons. The minimum atomic E-state index is -2.74. The first-order valence-corrected chi connectivity index (χ1v) is 11.1. The SMILES string of the molecule is O=C(O)CC(O)(CC(=O)O)C(=O)O.c1ccc(-c2cc(CNCCc3ccco3)c3nnnn3c2)cc1.